The van der Waals surface area contributed by atoms with Gasteiger partial charge in [-0.1, -0.05) is 6.42 Å². The van der Waals surface area contributed by atoms with Gasteiger partial charge in [0, 0.05) is 12.1 Å². The van der Waals surface area contributed by atoms with Crippen molar-refractivity contribution in [1.82, 2.24) is 4.90 Å². The van der Waals surface area contributed by atoms with Crippen LogP contribution in [0.3, 0.4) is 0 Å². The maximum Gasteiger partial charge on any atom is 0.0695 e. The summed E-state index contributed by atoms with van der Waals surface area (Å²) in [5, 5.41) is 10.0. The van der Waals surface area contributed by atoms with E-state index in [0.29, 0.717) is 6.04 Å². The van der Waals surface area contributed by atoms with E-state index in [9.17, 15) is 5.11 Å². The highest BCUT2D eigenvalue weighted by molar-refractivity contribution is 4.95. The number of aliphatic hydroxyl groups is 1. The molecule has 0 bridgehead atoms. The predicted octanol–water partition coefficient (Wildman–Crippen LogP) is 2.16. The molecule has 15 heavy (non-hydrogen) atoms. The summed E-state index contributed by atoms with van der Waals surface area (Å²) in [5.74, 6) is 0.964. The van der Waals surface area contributed by atoms with Crippen LogP contribution in [0.5, 0.6) is 0 Å². The van der Waals surface area contributed by atoms with E-state index in [1.807, 2.05) is 0 Å². The van der Waals surface area contributed by atoms with E-state index < -0.39 is 0 Å². The summed E-state index contributed by atoms with van der Waals surface area (Å²) < 4.78 is 0. The molecule has 2 saturated carbocycles. The van der Waals surface area contributed by atoms with Gasteiger partial charge in [0.25, 0.3) is 0 Å². The predicted molar refractivity (Wildman–Crippen MR) is 60.7 cm³/mol. The fourth-order valence-electron chi connectivity index (χ4n) is 4.21. The molecule has 3 aliphatic rings. The van der Waals surface area contributed by atoms with Crippen molar-refractivity contribution in [3.05, 3.63) is 0 Å². The Bertz CT molecular complexity index is 227. The van der Waals surface area contributed by atoms with Crippen LogP contribution < -0.4 is 0 Å². The number of hydrogen-bond acceptors (Lipinski definition) is 2. The third-order valence-corrected chi connectivity index (χ3v) is 4.91. The summed E-state index contributed by atoms with van der Waals surface area (Å²) in [7, 11) is 0. The van der Waals surface area contributed by atoms with Crippen molar-refractivity contribution in [2.75, 3.05) is 6.54 Å². The highest BCUT2D eigenvalue weighted by Crippen LogP contribution is 2.40. The topological polar surface area (TPSA) is 23.5 Å². The molecule has 2 nitrogen and oxygen atoms in total. The summed E-state index contributed by atoms with van der Waals surface area (Å²) >= 11 is 0. The highest BCUT2D eigenvalue weighted by atomic mass is 16.3. The van der Waals surface area contributed by atoms with Crippen molar-refractivity contribution >= 4 is 0 Å². The van der Waals surface area contributed by atoms with Gasteiger partial charge in [-0.05, 0) is 57.4 Å². The summed E-state index contributed by atoms with van der Waals surface area (Å²) in [4.78, 5) is 2.68. The third-order valence-electron chi connectivity index (χ3n) is 4.91. The highest BCUT2D eigenvalue weighted by Gasteiger charge is 2.41. The molecule has 1 saturated heterocycles. The first-order valence-electron chi connectivity index (χ1n) is 6.80. The van der Waals surface area contributed by atoms with E-state index in [0.717, 1.165) is 18.4 Å². The molecule has 1 aliphatic heterocycles. The Morgan fingerprint density at radius 2 is 1.53 bits per heavy atom. The maximum absolute atomic E-state index is 10.0. The summed E-state index contributed by atoms with van der Waals surface area (Å²) in [6.07, 6.45) is 10.6. The molecule has 0 spiro atoms. The van der Waals surface area contributed by atoms with Gasteiger partial charge in [-0.3, -0.25) is 4.90 Å². The van der Waals surface area contributed by atoms with Crippen LogP contribution >= 0.6 is 0 Å². The third kappa shape index (κ3) is 1.72. The van der Waals surface area contributed by atoms with Crippen molar-refractivity contribution in [2.24, 2.45) is 5.92 Å². The van der Waals surface area contributed by atoms with Crippen LogP contribution in [0, 0.1) is 5.92 Å². The number of aliphatic hydroxyl groups excluding tert-OH is 1. The van der Waals surface area contributed by atoms with Crippen LogP contribution in [0.2, 0.25) is 0 Å². The Balaban J connectivity index is 1.73. The number of likely N-dealkylation sites (tertiary alicyclic amines) is 1. The normalized spacial score (nSPS) is 47.0. The molecule has 1 heterocycles. The minimum atomic E-state index is -0.0238. The average molecular weight is 209 g/mol. The maximum atomic E-state index is 10.0. The molecule has 0 aromatic heterocycles. The van der Waals surface area contributed by atoms with Gasteiger partial charge in [0.1, 0.15) is 0 Å². The van der Waals surface area contributed by atoms with Gasteiger partial charge < -0.3 is 5.11 Å². The van der Waals surface area contributed by atoms with Crippen LogP contribution in [-0.4, -0.2) is 34.7 Å². The van der Waals surface area contributed by atoms with Gasteiger partial charge in [0.2, 0.25) is 0 Å². The molecule has 86 valence electrons. The zero-order chi connectivity index (χ0) is 10.3. The van der Waals surface area contributed by atoms with Gasteiger partial charge in [-0.15, -0.1) is 0 Å². The van der Waals surface area contributed by atoms with Crippen molar-refractivity contribution in [3.8, 4) is 0 Å². The SMILES string of the molecule is OC1CCCC1N1CCCC2CCCC21. The second kappa shape index (κ2) is 4.06. The number of piperidine rings is 1. The molecule has 1 N–H and O–H groups in total. The van der Waals surface area contributed by atoms with E-state index >= 15 is 0 Å². The largest absolute Gasteiger partial charge is 0.391 e. The fourth-order valence-corrected chi connectivity index (χ4v) is 4.21. The molecule has 0 radical (unpaired) electrons. The molecule has 0 amide bonds. The second-order valence-electron chi connectivity index (χ2n) is 5.70. The lowest BCUT2D eigenvalue weighted by molar-refractivity contribution is 0.0107. The van der Waals surface area contributed by atoms with E-state index in [-0.39, 0.29) is 6.10 Å². The number of fused-ring (bicyclic) bond motifs is 1. The monoisotopic (exact) mass is 209 g/mol. The van der Waals surface area contributed by atoms with Crippen molar-refractivity contribution in [3.63, 3.8) is 0 Å². The summed E-state index contributed by atoms with van der Waals surface area (Å²) in [5.41, 5.74) is 0. The van der Waals surface area contributed by atoms with Crippen molar-refractivity contribution in [1.29, 1.82) is 0 Å². The molecule has 2 aliphatic carbocycles. The molecular weight excluding hydrogens is 186 g/mol. The quantitative estimate of drug-likeness (QED) is 0.715. The Morgan fingerprint density at radius 1 is 0.800 bits per heavy atom. The van der Waals surface area contributed by atoms with Gasteiger partial charge >= 0.3 is 0 Å². The van der Waals surface area contributed by atoms with Crippen LogP contribution in [0.4, 0.5) is 0 Å². The standard InChI is InChI=1S/C13H23NO/c15-13-8-2-7-12(13)14-9-3-5-10-4-1-6-11(10)14/h10-13,15H,1-9H2. The Morgan fingerprint density at radius 3 is 2.33 bits per heavy atom. The second-order valence-corrected chi connectivity index (χ2v) is 5.70. The van der Waals surface area contributed by atoms with Gasteiger partial charge in [-0.2, -0.15) is 0 Å². The van der Waals surface area contributed by atoms with Crippen LogP contribution in [0.25, 0.3) is 0 Å². The minimum Gasteiger partial charge on any atom is -0.391 e. The Kier molecular flexibility index (Phi) is 2.73. The zero-order valence-electron chi connectivity index (χ0n) is 9.57. The Labute approximate surface area is 92.7 Å². The zero-order valence-corrected chi connectivity index (χ0v) is 9.57. The van der Waals surface area contributed by atoms with E-state index in [1.54, 1.807) is 0 Å². The fraction of sp³-hybridized carbons (Fsp3) is 1.00. The number of hydrogen-bond donors (Lipinski definition) is 1. The Hall–Kier alpha value is -0.0800. The summed E-state index contributed by atoms with van der Waals surface area (Å²) in [6.45, 7) is 1.25. The van der Waals surface area contributed by atoms with E-state index in [2.05, 4.69) is 4.90 Å². The molecule has 4 unspecified atom stereocenters. The van der Waals surface area contributed by atoms with Gasteiger partial charge in [-0.25, -0.2) is 0 Å². The molecule has 0 aromatic rings. The lowest BCUT2D eigenvalue weighted by Crippen LogP contribution is -2.51. The molecule has 3 rings (SSSR count). The lowest BCUT2D eigenvalue weighted by atomic mass is 9.90. The van der Waals surface area contributed by atoms with Gasteiger partial charge in [0.05, 0.1) is 6.10 Å². The molecule has 3 fully saturated rings. The smallest absolute Gasteiger partial charge is 0.0695 e. The molecule has 0 aromatic carbocycles. The number of rotatable bonds is 1. The van der Waals surface area contributed by atoms with Crippen molar-refractivity contribution < 1.29 is 5.11 Å². The number of nitrogens with zero attached hydrogens (tertiary/aromatic N) is 1. The minimum absolute atomic E-state index is 0.0238. The van der Waals surface area contributed by atoms with Gasteiger partial charge in [0.15, 0.2) is 0 Å². The first-order chi connectivity index (χ1) is 7.36. The lowest BCUT2D eigenvalue weighted by Gasteiger charge is -2.42. The first-order valence-corrected chi connectivity index (χ1v) is 6.80. The van der Waals surface area contributed by atoms with E-state index in [1.165, 1.54) is 51.5 Å². The van der Waals surface area contributed by atoms with Crippen molar-refractivity contribution in [2.45, 2.75) is 69.6 Å². The average Bonchev–Trinajstić information content (AvgIpc) is 2.85. The van der Waals surface area contributed by atoms with Crippen LogP contribution in [0.1, 0.15) is 51.4 Å². The van der Waals surface area contributed by atoms with E-state index in [4.69, 9.17) is 0 Å². The molecule has 4 atom stereocenters. The van der Waals surface area contributed by atoms with Crippen LogP contribution in [0.15, 0.2) is 0 Å². The van der Waals surface area contributed by atoms with Crippen LogP contribution in [-0.2, 0) is 0 Å². The first kappa shape index (κ1) is 10.1. The summed E-state index contributed by atoms with van der Waals surface area (Å²) in [6, 6.07) is 1.34. The molecule has 2 heteroatoms. The molecular formula is C13H23NO.